The number of rotatable bonds is 8. The van der Waals surface area contributed by atoms with Crippen LogP contribution in [0, 0.1) is 11.8 Å². The number of hydrogen-bond donors (Lipinski definition) is 2. The SMILES string of the molecule is COC(=O)c1cccc2c1O[C@H]1C[C@@H](CC(C)(C)[Si](C)(C)O)[C@H](CCC(C)(C)[Si](C)(C)O)[C@@H]21. The second-order valence-electron chi connectivity index (χ2n) is 12.7. The summed E-state index contributed by atoms with van der Waals surface area (Å²) in [5, 5.41) is -0.196. The Hall–Kier alpha value is -1.16. The average molecular weight is 493 g/mol. The lowest BCUT2D eigenvalue weighted by Gasteiger charge is -2.40. The van der Waals surface area contributed by atoms with E-state index in [1.54, 1.807) is 6.07 Å². The van der Waals surface area contributed by atoms with E-state index in [0.29, 0.717) is 23.1 Å². The van der Waals surface area contributed by atoms with Crippen molar-refractivity contribution in [3.63, 3.8) is 0 Å². The normalized spacial score (nSPS) is 25.4. The average Bonchev–Trinajstić information content (AvgIpc) is 3.19. The lowest BCUT2D eigenvalue weighted by atomic mass is 9.77. The number of carbonyl (C=O) groups excluding carboxylic acids is 1. The van der Waals surface area contributed by atoms with Gasteiger partial charge in [0, 0.05) is 11.5 Å². The minimum Gasteiger partial charge on any atom is -0.489 e. The Balaban J connectivity index is 1.96. The molecule has 0 saturated heterocycles. The molecule has 2 N–H and O–H groups in total. The van der Waals surface area contributed by atoms with Crippen molar-refractivity contribution in [2.75, 3.05) is 7.11 Å². The highest BCUT2D eigenvalue weighted by atomic mass is 28.4. The van der Waals surface area contributed by atoms with Gasteiger partial charge < -0.3 is 19.1 Å². The third kappa shape index (κ3) is 4.97. The van der Waals surface area contributed by atoms with Crippen molar-refractivity contribution in [3.8, 4) is 5.75 Å². The maximum Gasteiger partial charge on any atom is 0.341 e. The largest absolute Gasteiger partial charge is 0.489 e. The fourth-order valence-electron chi connectivity index (χ4n) is 5.50. The van der Waals surface area contributed by atoms with Gasteiger partial charge in [-0.1, -0.05) is 39.8 Å². The van der Waals surface area contributed by atoms with Crippen LogP contribution in [0.3, 0.4) is 0 Å². The summed E-state index contributed by atoms with van der Waals surface area (Å²) in [4.78, 5) is 34.2. The molecule has 5 nitrogen and oxygen atoms in total. The number of esters is 1. The van der Waals surface area contributed by atoms with Crippen LogP contribution in [0.5, 0.6) is 5.75 Å². The first-order valence-corrected chi connectivity index (χ1v) is 18.2. The van der Waals surface area contributed by atoms with Crippen molar-refractivity contribution < 1.29 is 23.9 Å². The second-order valence-corrected chi connectivity index (χ2v) is 21.6. The molecule has 0 bridgehead atoms. The topological polar surface area (TPSA) is 76.0 Å². The Morgan fingerprint density at radius 3 is 2.24 bits per heavy atom. The molecule has 186 valence electrons. The number of para-hydroxylation sites is 1. The van der Waals surface area contributed by atoms with E-state index in [0.717, 1.165) is 31.2 Å². The number of carbonyl (C=O) groups is 1. The first kappa shape index (κ1) is 26.4. The highest BCUT2D eigenvalue weighted by molar-refractivity contribution is 6.73. The Morgan fingerprint density at radius 2 is 1.70 bits per heavy atom. The van der Waals surface area contributed by atoms with Crippen molar-refractivity contribution in [2.24, 2.45) is 11.8 Å². The van der Waals surface area contributed by atoms with Crippen molar-refractivity contribution in [3.05, 3.63) is 29.3 Å². The fraction of sp³-hybridized carbons (Fsp3) is 0.731. The third-order valence-electron chi connectivity index (χ3n) is 9.27. The van der Waals surface area contributed by atoms with Crippen molar-refractivity contribution >= 4 is 22.6 Å². The van der Waals surface area contributed by atoms with Crippen LogP contribution in [0.25, 0.3) is 0 Å². The van der Waals surface area contributed by atoms with Gasteiger partial charge in [-0.3, -0.25) is 0 Å². The van der Waals surface area contributed by atoms with Gasteiger partial charge in [0.05, 0.1) is 7.11 Å². The van der Waals surface area contributed by atoms with Crippen LogP contribution >= 0.6 is 0 Å². The van der Waals surface area contributed by atoms with E-state index in [-0.39, 0.29) is 28.1 Å². The van der Waals surface area contributed by atoms with Crippen LogP contribution in [0.15, 0.2) is 18.2 Å². The molecule has 2 aliphatic rings. The monoisotopic (exact) mass is 492 g/mol. The van der Waals surface area contributed by atoms with Gasteiger partial charge in [-0.25, -0.2) is 4.79 Å². The summed E-state index contributed by atoms with van der Waals surface area (Å²) in [6.07, 6.45) is 3.90. The predicted molar refractivity (Wildman–Crippen MR) is 138 cm³/mol. The summed E-state index contributed by atoms with van der Waals surface area (Å²) >= 11 is 0. The van der Waals surface area contributed by atoms with Crippen molar-refractivity contribution in [1.82, 2.24) is 0 Å². The molecule has 33 heavy (non-hydrogen) atoms. The molecule has 0 aromatic heterocycles. The van der Waals surface area contributed by atoms with Gasteiger partial charge in [-0.2, -0.15) is 0 Å². The van der Waals surface area contributed by atoms with Crippen molar-refractivity contribution in [2.45, 2.75) is 102 Å². The van der Waals surface area contributed by atoms with E-state index < -0.39 is 16.6 Å². The molecule has 1 aromatic carbocycles. The summed E-state index contributed by atoms with van der Waals surface area (Å²) in [6, 6.07) is 5.82. The highest BCUT2D eigenvalue weighted by Gasteiger charge is 2.53. The molecule has 0 spiro atoms. The molecule has 0 amide bonds. The number of methoxy groups -OCH3 is 1. The molecule has 1 aliphatic carbocycles. The van der Waals surface area contributed by atoms with Crippen LogP contribution < -0.4 is 4.74 Å². The minimum absolute atomic E-state index is 0.0440. The van der Waals surface area contributed by atoms with Crippen LogP contribution in [0.4, 0.5) is 0 Å². The van der Waals surface area contributed by atoms with Crippen LogP contribution in [0.1, 0.15) is 75.2 Å². The molecule has 1 saturated carbocycles. The Kier molecular flexibility index (Phi) is 7.06. The molecular weight excluding hydrogens is 448 g/mol. The number of fused-ring (bicyclic) bond motifs is 3. The molecule has 0 unspecified atom stereocenters. The standard InChI is InChI=1S/C26H44O5Si2/c1-25(2,32(6,7)28)14-13-18-17(16-26(3,4)33(8,9)29)15-21-22(18)19-11-10-12-20(23(19)31-21)24(27)30-5/h10-12,17-18,21-22,28-29H,13-16H2,1-9H3/t17-,18-,21-,22-/m0/s1. The van der Waals surface area contributed by atoms with Gasteiger partial charge in [0.1, 0.15) is 17.4 Å². The molecular formula is C26H44O5Si2. The summed E-state index contributed by atoms with van der Waals surface area (Å²) in [7, 11) is -3.25. The molecule has 1 aromatic rings. The van der Waals surface area contributed by atoms with E-state index in [1.165, 1.54) is 7.11 Å². The summed E-state index contributed by atoms with van der Waals surface area (Å²) in [6.45, 7) is 16.9. The number of hydrogen-bond acceptors (Lipinski definition) is 5. The molecule has 3 rings (SSSR count). The van der Waals surface area contributed by atoms with Crippen LogP contribution in [0.2, 0.25) is 36.3 Å². The second kappa shape index (κ2) is 8.81. The molecule has 4 atom stereocenters. The Morgan fingerprint density at radius 1 is 1.09 bits per heavy atom. The molecule has 7 heteroatoms. The lowest BCUT2D eigenvalue weighted by Crippen LogP contribution is -2.41. The predicted octanol–water partition coefficient (Wildman–Crippen LogP) is 6.08. The zero-order chi connectivity index (χ0) is 25.0. The minimum atomic E-state index is -2.34. The lowest BCUT2D eigenvalue weighted by molar-refractivity contribution is 0.0595. The van der Waals surface area contributed by atoms with Gasteiger partial charge >= 0.3 is 5.97 Å². The maximum atomic E-state index is 12.4. The Bertz CT molecular complexity index is 882. The summed E-state index contributed by atoms with van der Waals surface area (Å²) < 4.78 is 11.5. The van der Waals surface area contributed by atoms with Gasteiger partial charge in [0.15, 0.2) is 16.6 Å². The molecule has 1 heterocycles. The zero-order valence-corrected chi connectivity index (χ0v) is 24.0. The smallest absolute Gasteiger partial charge is 0.341 e. The van der Waals surface area contributed by atoms with Crippen LogP contribution in [-0.4, -0.2) is 45.4 Å². The third-order valence-corrected chi connectivity index (χ3v) is 16.3. The van der Waals surface area contributed by atoms with E-state index in [9.17, 15) is 14.4 Å². The van der Waals surface area contributed by atoms with E-state index >= 15 is 0 Å². The maximum absolute atomic E-state index is 12.4. The zero-order valence-electron chi connectivity index (χ0n) is 22.0. The summed E-state index contributed by atoms with van der Waals surface area (Å²) in [5.74, 6) is 1.38. The van der Waals surface area contributed by atoms with Gasteiger partial charge in [-0.15, -0.1) is 0 Å². The first-order chi connectivity index (χ1) is 15.0. The highest BCUT2D eigenvalue weighted by Crippen LogP contribution is 2.59. The van der Waals surface area contributed by atoms with Crippen molar-refractivity contribution in [1.29, 1.82) is 0 Å². The Labute approximate surface area is 202 Å². The quantitative estimate of drug-likeness (QED) is 0.340. The first-order valence-electron chi connectivity index (χ1n) is 12.3. The number of benzene rings is 1. The molecule has 0 radical (unpaired) electrons. The summed E-state index contributed by atoms with van der Waals surface area (Å²) in [5.41, 5.74) is 1.63. The molecule has 1 aliphatic heterocycles. The molecule has 1 fully saturated rings. The van der Waals surface area contributed by atoms with E-state index in [2.05, 4.69) is 33.8 Å². The van der Waals surface area contributed by atoms with Crippen LogP contribution in [-0.2, 0) is 4.74 Å². The number of ether oxygens (including phenoxy) is 2. The van der Waals surface area contributed by atoms with Gasteiger partial charge in [-0.05, 0) is 79.9 Å². The van der Waals surface area contributed by atoms with E-state index in [4.69, 9.17) is 9.47 Å². The van der Waals surface area contributed by atoms with E-state index in [1.807, 2.05) is 32.3 Å². The fourth-order valence-corrected chi connectivity index (χ4v) is 7.02. The van der Waals surface area contributed by atoms with Gasteiger partial charge in [0.2, 0.25) is 0 Å². The van der Waals surface area contributed by atoms with Gasteiger partial charge in [0.25, 0.3) is 0 Å².